The monoisotopic (exact) mass is 202 g/mol. The van der Waals surface area contributed by atoms with Gasteiger partial charge in [0.1, 0.15) is 0 Å². The molecule has 2 N–H and O–H groups in total. The largest absolute Gasteiger partial charge is 0.329 e. The standard InChI is InChI=1S/C13H18N2/c14-11-13(12-7-3-1-4-8-12)15-9-5-2-6-10-15/h1-5,7-8,13H,6,9-11,14H2. The summed E-state index contributed by atoms with van der Waals surface area (Å²) in [7, 11) is 0. The van der Waals surface area contributed by atoms with Crippen molar-refractivity contribution >= 4 is 0 Å². The molecule has 2 nitrogen and oxygen atoms in total. The Morgan fingerprint density at radius 3 is 2.60 bits per heavy atom. The minimum absolute atomic E-state index is 0.371. The maximum atomic E-state index is 5.87. The summed E-state index contributed by atoms with van der Waals surface area (Å²) in [6, 6.07) is 10.9. The Balaban J connectivity index is 2.13. The van der Waals surface area contributed by atoms with E-state index >= 15 is 0 Å². The second-order valence-corrected chi connectivity index (χ2v) is 3.92. The van der Waals surface area contributed by atoms with Crippen LogP contribution in [0.4, 0.5) is 0 Å². The van der Waals surface area contributed by atoms with Gasteiger partial charge in [0.2, 0.25) is 0 Å². The normalized spacial score (nSPS) is 19.0. The second-order valence-electron chi connectivity index (χ2n) is 3.92. The molecule has 0 aliphatic carbocycles. The van der Waals surface area contributed by atoms with Crippen molar-refractivity contribution in [1.29, 1.82) is 0 Å². The van der Waals surface area contributed by atoms with Crippen molar-refractivity contribution in [2.45, 2.75) is 12.5 Å². The number of benzene rings is 1. The average Bonchev–Trinajstić information content (AvgIpc) is 2.33. The van der Waals surface area contributed by atoms with Gasteiger partial charge in [0.15, 0.2) is 0 Å². The van der Waals surface area contributed by atoms with Crippen LogP contribution < -0.4 is 5.73 Å². The molecule has 1 aromatic rings. The predicted molar refractivity (Wildman–Crippen MR) is 63.6 cm³/mol. The van der Waals surface area contributed by atoms with E-state index in [4.69, 9.17) is 5.73 Å². The second kappa shape index (κ2) is 5.10. The van der Waals surface area contributed by atoms with Crippen LogP contribution in [0.5, 0.6) is 0 Å². The van der Waals surface area contributed by atoms with Crippen LogP contribution in [0.1, 0.15) is 18.0 Å². The highest BCUT2D eigenvalue weighted by atomic mass is 15.2. The number of hydrogen-bond donors (Lipinski definition) is 1. The molecule has 0 saturated heterocycles. The molecule has 0 fully saturated rings. The Bertz CT molecular complexity index is 319. The average molecular weight is 202 g/mol. The van der Waals surface area contributed by atoms with Crippen LogP contribution in [0, 0.1) is 0 Å². The van der Waals surface area contributed by atoms with Gasteiger partial charge in [-0.1, -0.05) is 42.5 Å². The fraction of sp³-hybridized carbons (Fsp3) is 0.385. The molecular weight excluding hydrogens is 184 g/mol. The topological polar surface area (TPSA) is 29.3 Å². The highest BCUT2D eigenvalue weighted by molar-refractivity contribution is 5.20. The highest BCUT2D eigenvalue weighted by Gasteiger charge is 2.18. The first-order chi connectivity index (χ1) is 7.42. The lowest BCUT2D eigenvalue weighted by Crippen LogP contribution is -2.35. The maximum Gasteiger partial charge on any atom is 0.0473 e. The number of rotatable bonds is 3. The molecule has 1 aromatic carbocycles. The van der Waals surface area contributed by atoms with E-state index in [1.54, 1.807) is 0 Å². The summed E-state index contributed by atoms with van der Waals surface area (Å²) in [6.45, 7) is 2.84. The van der Waals surface area contributed by atoms with Gasteiger partial charge in [-0.25, -0.2) is 0 Å². The van der Waals surface area contributed by atoms with E-state index in [0.717, 1.165) is 19.5 Å². The maximum absolute atomic E-state index is 5.87. The third kappa shape index (κ3) is 2.46. The van der Waals surface area contributed by atoms with Crippen molar-refractivity contribution in [3.05, 3.63) is 48.0 Å². The Hall–Kier alpha value is -1.12. The molecule has 0 spiro atoms. The van der Waals surface area contributed by atoms with Gasteiger partial charge in [0, 0.05) is 25.7 Å². The van der Waals surface area contributed by atoms with Gasteiger partial charge in [0.05, 0.1) is 0 Å². The van der Waals surface area contributed by atoms with Crippen LogP contribution >= 0.6 is 0 Å². The number of nitrogens with zero attached hydrogens (tertiary/aromatic N) is 1. The first kappa shape index (κ1) is 10.4. The van der Waals surface area contributed by atoms with Crippen molar-refractivity contribution in [2.24, 2.45) is 5.73 Å². The molecule has 1 atom stereocenters. The minimum Gasteiger partial charge on any atom is -0.329 e. The van der Waals surface area contributed by atoms with Gasteiger partial charge < -0.3 is 5.73 Å². The van der Waals surface area contributed by atoms with Gasteiger partial charge >= 0.3 is 0 Å². The summed E-state index contributed by atoms with van der Waals surface area (Å²) in [6.07, 6.45) is 5.62. The third-order valence-corrected chi connectivity index (χ3v) is 2.94. The first-order valence-corrected chi connectivity index (χ1v) is 5.56. The number of nitrogens with two attached hydrogens (primary N) is 1. The summed E-state index contributed by atoms with van der Waals surface area (Å²) in [5.74, 6) is 0. The molecule has 80 valence electrons. The van der Waals surface area contributed by atoms with E-state index in [1.807, 2.05) is 6.07 Å². The molecule has 2 rings (SSSR count). The fourth-order valence-electron chi connectivity index (χ4n) is 2.11. The molecule has 0 amide bonds. The van der Waals surface area contributed by atoms with Crippen LogP contribution in [0.3, 0.4) is 0 Å². The van der Waals surface area contributed by atoms with Gasteiger partial charge in [0.25, 0.3) is 0 Å². The van der Waals surface area contributed by atoms with Crippen molar-refractivity contribution in [1.82, 2.24) is 4.90 Å². The zero-order valence-corrected chi connectivity index (χ0v) is 8.97. The van der Waals surface area contributed by atoms with Crippen molar-refractivity contribution in [2.75, 3.05) is 19.6 Å². The molecule has 1 heterocycles. The molecule has 1 aliphatic heterocycles. The lowest BCUT2D eigenvalue weighted by Gasteiger charge is -2.31. The quantitative estimate of drug-likeness (QED) is 0.759. The SMILES string of the molecule is NCC(c1ccccc1)N1CC=CCC1. The van der Waals surface area contributed by atoms with Crippen LogP contribution in [-0.4, -0.2) is 24.5 Å². The summed E-state index contributed by atoms with van der Waals surface area (Å²) in [4.78, 5) is 2.44. The van der Waals surface area contributed by atoms with E-state index in [9.17, 15) is 0 Å². The molecule has 15 heavy (non-hydrogen) atoms. The van der Waals surface area contributed by atoms with Crippen LogP contribution in [0.25, 0.3) is 0 Å². The first-order valence-electron chi connectivity index (χ1n) is 5.56. The minimum atomic E-state index is 0.371. The van der Waals surface area contributed by atoms with Crippen molar-refractivity contribution < 1.29 is 0 Å². The van der Waals surface area contributed by atoms with E-state index in [0.29, 0.717) is 12.6 Å². The third-order valence-electron chi connectivity index (χ3n) is 2.94. The molecule has 0 radical (unpaired) electrons. The van der Waals surface area contributed by atoms with E-state index < -0.39 is 0 Å². The summed E-state index contributed by atoms with van der Waals surface area (Å²) in [5.41, 5.74) is 7.20. The van der Waals surface area contributed by atoms with Crippen LogP contribution in [-0.2, 0) is 0 Å². The molecule has 0 bridgehead atoms. The predicted octanol–water partition coefficient (Wildman–Crippen LogP) is 1.95. The fourth-order valence-corrected chi connectivity index (χ4v) is 2.11. The highest BCUT2D eigenvalue weighted by Crippen LogP contribution is 2.21. The lowest BCUT2D eigenvalue weighted by atomic mass is 10.0. The Morgan fingerprint density at radius 1 is 1.20 bits per heavy atom. The van der Waals surface area contributed by atoms with E-state index in [2.05, 4.69) is 41.3 Å². The summed E-state index contributed by atoms with van der Waals surface area (Å²) < 4.78 is 0. The van der Waals surface area contributed by atoms with Gasteiger partial charge in [-0.05, 0) is 12.0 Å². The lowest BCUT2D eigenvalue weighted by molar-refractivity contribution is 0.221. The Labute approximate surface area is 91.4 Å². The molecule has 0 aromatic heterocycles. The summed E-state index contributed by atoms with van der Waals surface area (Å²) >= 11 is 0. The van der Waals surface area contributed by atoms with Crippen molar-refractivity contribution in [3.63, 3.8) is 0 Å². The van der Waals surface area contributed by atoms with Crippen LogP contribution in [0.15, 0.2) is 42.5 Å². The zero-order valence-electron chi connectivity index (χ0n) is 8.97. The molecule has 0 saturated carbocycles. The van der Waals surface area contributed by atoms with Gasteiger partial charge in [-0.3, -0.25) is 4.90 Å². The van der Waals surface area contributed by atoms with Gasteiger partial charge in [-0.15, -0.1) is 0 Å². The van der Waals surface area contributed by atoms with Gasteiger partial charge in [-0.2, -0.15) is 0 Å². The Kier molecular flexibility index (Phi) is 3.54. The van der Waals surface area contributed by atoms with Crippen LogP contribution in [0.2, 0.25) is 0 Å². The smallest absolute Gasteiger partial charge is 0.0473 e. The zero-order chi connectivity index (χ0) is 10.5. The van der Waals surface area contributed by atoms with Crippen molar-refractivity contribution in [3.8, 4) is 0 Å². The summed E-state index contributed by atoms with van der Waals surface area (Å²) in [5, 5.41) is 0. The van der Waals surface area contributed by atoms with E-state index in [1.165, 1.54) is 5.56 Å². The molecule has 2 heteroatoms. The van der Waals surface area contributed by atoms with E-state index in [-0.39, 0.29) is 0 Å². The molecule has 1 aliphatic rings. The molecule has 1 unspecified atom stereocenters. The number of hydrogen-bond acceptors (Lipinski definition) is 2. The molecular formula is C13H18N2. The Morgan fingerprint density at radius 2 is 2.00 bits per heavy atom.